The summed E-state index contributed by atoms with van der Waals surface area (Å²) in [6, 6.07) is 5.65. The predicted octanol–water partition coefficient (Wildman–Crippen LogP) is 1.76. The maximum Gasteiger partial charge on any atom is 0.319 e. The van der Waals surface area contributed by atoms with Crippen molar-refractivity contribution < 1.29 is 19.1 Å². The van der Waals surface area contributed by atoms with Crippen LogP contribution in [0.4, 0.5) is 5.82 Å². The van der Waals surface area contributed by atoms with E-state index in [9.17, 15) is 9.59 Å². The quantitative estimate of drug-likeness (QED) is 0.460. The van der Waals surface area contributed by atoms with Crippen molar-refractivity contribution in [2.45, 2.75) is 51.7 Å². The van der Waals surface area contributed by atoms with E-state index >= 15 is 0 Å². The Morgan fingerprint density at radius 1 is 1.19 bits per heavy atom. The van der Waals surface area contributed by atoms with E-state index in [2.05, 4.69) is 25.2 Å². The summed E-state index contributed by atoms with van der Waals surface area (Å²) >= 11 is 0. The number of nitrogens with zero attached hydrogens (tertiary/aromatic N) is 5. The van der Waals surface area contributed by atoms with E-state index in [1.807, 2.05) is 51.9 Å². The van der Waals surface area contributed by atoms with Crippen molar-refractivity contribution in [2.24, 2.45) is 5.73 Å². The summed E-state index contributed by atoms with van der Waals surface area (Å²) in [5.41, 5.74) is 7.71. The highest BCUT2D eigenvalue weighted by Gasteiger charge is 2.26. The van der Waals surface area contributed by atoms with Crippen LogP contribution in [0.2, 0.25) is 0 Å². The summed E-state index contributed by atoms with van der Waals surface area (Å²) in [6.45, 7) is 8.12. The molecule has 202 valence electrons. The number of hydrogen-bond donors (Lipinski definition) is 2. The molecule has 2 amide bonds. The van der Waals surface area contributed by atoms with Gasteiger partial charge in [-0.05, 0) is 59.3 Å². The van der Waals surface area contributed by atoms with E-state index in [-0.39, 0.29) is 35.7 Å². The minimum absolute atomic E-state index is 0.0549. The molecule has 0 radical (unpaired) electrons. The Bertz CT molecular complexity index is 1090. The molecule has 2 aromatic heterocycles. The van der Waals surface area contributed by atoms with Gasteiger partial charge >= 0.3 is 6.01 Å². The Labute approximate surface area is 218 Å². The van der Waals surface area contributed by atoms with Gasteiger partial charge in [-0.25, -0.2) is 4.98 Å². The number of rotatable bonds is 11. The lowest BCUT2D eigenvalue weighted by Gasteiger charge is -2.33. The molecule has 1 fully saturated rings. The van der Waals surface area contributed by atoms with Crippen LogP contribution in [0.1, 0.15) is 64.8 Å². The van der Waals surface area contributed by atoms with Crippen LogP contribution in [-0.2, 0) is 4.74 Å². The number of primary amides is 1. The van der Waals surface area contributed by atoms with Gasteiger partial charge in [-0.1, -0.05) is 6.07 Å². The van der Waals surface area contributed by atoms with Crippen LogP contribution < -0.4 is 20.7 Å². The standard InChI is InChI=1S/C26H39N7O4/c1-16-7-8-20(29-23(16)24(27)34)19-9-11-33(12-10-19)22-13-21(25(35)28-17(2)14-32(4)5)30-26(31-22)37-18(3)15-36-6/h7-8,13,17-19H,9-12,14-15H2,1-6H3,(H2,27,34)(H,28,35)/t17-,18-/m1/s1. The Kier molecular flexibility index (Phi) is 9.76. The maximum atomic E-state index is 13.0. The number of likely N-dealkylation sites (N-methyl/N-ethyl adjacent to an activating group) is 1. The van der Waals surface area contributed by atoms with Gasteiger partial charge in [0, 0.05) is 50.5 Å². The second-order valence-corrected chi connectivity index (χ2v) is 9.94. The van der Waals surface area contributed by atoms with Gasteiger partial charge in [0.05, 0.1) is 6.61 Å². The highest BCUT2D eigenvalue weighted by molar-refractivity contribution is 5.93. The topological polar surface area (TPSA) is 136 Å². The van der Waals surface area contributed by atoms with E-state index in [1.165, 1.54) is 0 Å². The van der Waals surface area contributed by atoms with Gasteiger partial charge in [-0.2, -0.15) is 9.97 Å². The molecule has 0 unspecified atom stereocenters. The van der Waals surface area contributed by atoms with E-state index < -0.39 is 5.91 Å². The molecule has 1 aliphatic heterocycles. The van der Waals surface area contributed by atoms with Crippen LogP contribution in [-0.4, -0.2) is 91.3 Å². The Balaban J connectivity index is 1.78. The van der Waals surface area contributed by atoms with E-state index in [0.29, 0.717) is 37.8 Å². The Morgan fingerprint density at radius 3 is 2.51 bits per heavy atom. The van der Waals surface area contributed by atoms with Crippen molar-refractivity contribution in [2.75, 3.05) is 52.3 Å². The van der Waals surface area contributed by atoms with E-state index in [0.717, 1.165) is 24.1 Å². The van der Waals surface area contributed by atoms with E-state index in [1.54, 1.807) is 13.2 Å². The number of aryl methyl sites for hydroxylation is 1. The molecule has 3 rings (SSSR count). The average Bonchev–Trinajstić information content (AvgIpc) is 2.83. The number of piperidine rings is 1. The van der Waals surface area contributed by atoms with Crippen molar-refractivity contribution in [3.05, 3.63) is 40.8 Å². The summed E-state index contributed by atoms with van der Waals surface area (Å²) in [6.07, 6.45) is 1.35. The summed E-state index contributed by atoms with van der Waals surface area (Å²) in [5, 5.41) is 3.00. The number of nitrogens with one attached hydrogen (secondary N) is 1. The Hall–Kier alpha value is -3.31. The fraction of sp³-hybridized carbons (Fsp3) is 0.577. The molecule has 0 aliphatic carbocycles. The SMILES string of the molecule is COC[C@@H](C)Oc1nc(C(=O)N[C@H](C)CN(C)C)cc(N2CCC(c3ccc(C)c(C(N)=O)n3)CC2)n1. The second-order valence-electron chi connectivity index (χ2n) is 9.94. The molecule has 1 saturated heterocycles. The van der Waals surface area contributed by atoms with Gasteiger partial charge in [-0.3, -0.25) is 9.59 Å². The number of carbonyl (C=O) groups is 2. The molecule has 1 aliphatic rings. The molecule has 11 heteroatoms. The first-order valence-electron chi connectivity index (χ1n) is 12.6. The molecule has 0 bridgehead atoms. The third-order valence-corrected chi connectivity index (χ3v) is 6.24. The number of methoxy groups -OCH3 is 1. The first kappa shape index (κ1) is 28.3. The number of hydrogen-bond acceptors (Lipinski definition) is 9. The smallest absolute Gasteiger partial charge is 0.319 e. The molecule has 3 heterocycles. The van der Waals surface area contributed by atoms with Gasteiger partial charge in [0.2, 0.25) is 0 Å². The zero-order chi connectivity index (χ0) is 27.1. The van der Waals surface area contributed by atoms with Crippen LogP contribution in [0.15, 0.2) is 18.2 Å². The van der Waals surface area contributed by atoms with Gasteiger partial charge in [0.1, 0.15) is 23.3 Å². The third kappa shape index (κ3) is 7.83. The monoisotopic (exact) mass is 513 g/mol. The lowest BCUT2D eigenvalue weighted by atomic mass is 9.92. The minimum Gasteiger partial charge on any atom is -0.458 e. The van der Waals surface area contributed by atoms with Crippen molar-refractivity contribution >= 4 is 17.6 Å². The molecular weight excluding hydrogens is 474 g/mol. The van der Waals surface area contributed by atoms with Gasteiger partial charge in [0.15, 0.2) is 0 Å². The van der Waals surface area contributed by atoms with Crippen LogP contribution in [0.5, 0.6) is 6.01 Å². The first-order valence-corrected chi connectivity index (χ1v) is 12.6. The number of amides is 2. The lowest BCUT2D eigenvalue weighted by molar-refractivity contribution is 0.0841. The van der Waals surface area contributed by atoms with Crippen LogP contribution in [0.25, 0.3) is 0 Å². The molecule has 37 heavy (non-hydrogen) atoms. The highest BCUT2D eigenvalue weighted by Crippen LogP contribution is 2.30. The molecule has 0 saturated carbocycles. The van der Waals surface area contributed by atoms with Gasteiger partial charge in [-0.15, -0.1) is 0 Å². The van der Waals surface area contributed by atoms with E-state index in [4.69, 9.17) is 15.2 Å². The average molecular weight is 514 g/mol. The summed E-state index contributed by atoms with van der Waals surface area (Å²) < 4.78 is 11.0. The van der Waals surface area contributed by atoms with Gasteiger partial charge < -0.3 is 30.3 Å². The van der Waals surface area contributed by atoms with Crippen molar-refractivity contribution in [3.63, 3.8) is 0 Å². The molecule has 0 aromatic carbocycles. The number of nitrogens with two attached hydrogens (primary N) is 1. The van der Waals surface area contributed by atoms with Crippen molar-refractivity contribution in [1.82, 2.24) is 25.2 Å². The Morgan fingerprint density at radius 2 is 1.89 bits per heavy atom. The third-order valence-electron chi connectivity index (χ3n) is 6.24. The molecule has 0 spiro atoms. The summed E-state index contributed by atoms with van der Waals surface area (Å²) in [5.74, 6) is 0.0377. The maximum absolute atomic E-state index is 13.0. The number of ether oxygens (including phenoxy) is 2. The number of anilines is 1. The molecule has 2 atom stereocenters. The zero-order valence-electron chi connectivity index (χ0n) is 22.7. The summed E-state index contributed by atoms with van der Waals surface area (Å²) in [4.78, 5) is 42.4. The van der Waals surface area contributed by atoms with Crippen LogP contribution in [0.3, 0.4) is 0 Å². The number of aromatic nitrogens is 3. The highest BCUT2D eigenvalue weighted by atomic mass is 16.5. The van der Waals surface area contributed by atoms with Crippen molar-refractivity contribution in [1.29, 1.82) is 0 Å². The fourth-order valence-electron chi connectivity index (χ4n) is 4.51. The fourth-order valence-corrected chi connectivity index (χ4v) is 4.51. The normalized spacial score (nSPS) is 15.9. The molecule has 11 nitrogen and oxygen atoms in total. The van der Waals surface area contributed by atoms with Crippen molar-refractivity contribution in [3.8, 4) is 6.01 Å². The lowest BCUT2D eigenvalue weighted by Crippen LogP contribution is -2.40. The largest absolute Gasteiger partial charge is 0.458 e. The number of carbonyl (C=O) groups excluding carboxylic acids is 2. The molecule has 3 N–H and O–H groups in total. The first-order chi connectivity index (χ1) is 17.6. The predicted molar refractivity (Wildman–Crippen MR) is 141 cm³/mol. The molecular formula is C26H39N7O4. The van der Waals surface area contributed by atoms with Crippen LogP contribution >= 0.6 is 0 Å². The zero-order valence-corrected chi connectivity index (χ0v) is 22.7. The van der Waals surface area contributed by atoms with Gasteiger partial charge in [0.25, 0.3) is 11.8 Å². The van der Waals surface area contributed by atoms with Crippen LogP contribution in [0, 0.1) is 6.92 Å². The second kappa shape index (κ2) is 12.8. The summed E-state index contributed by atoms with van der Waals surface area (Å²) in [7, 11) is 5.51. The number of pyridine rings is 1. The molecule has 2 aromatic rings. The minimum atomic E-state index is -0.515.